The second-order valence-corrected chi connectivity index (χ2v) is 8.79. The Balaban J connectivity index is 1.59. The molecular weight excluding hydrogens is 382 g/mol. The Hall–Kier alpha value is -2.13. The van der Waals surface area contributed by atoms with Gasteiger partial charge in [0, 0.05) is 37.8 Å². The summed E-state index contributed by atoms with van der Waals surface area (Å²) in [7, 11) is -3.66. The SMILES string of the molecule is CCOC(=O)N1CCC(NS(=O)(=O)c2ccc(N3CCCCC3=O)cc2)CC1. The third kappa shape index (κ3) is 4.82. The van der Waals surface area contributed by atoms with E-state index in [0.29, 0.717) is 45.5 Å². The fourth-order valence-electron chi connectivity index (χ4n) is 3.57. The molecule has 2 fully saturated rings. The summed E-state index contributed by atoms with van der Waals surface area (Å²) in [5, 5.41) is 0. The highest BCUT2D eigenvalue weighted by Gasteiger charge is 2.27. The molecule has 8 nitrogen and oxygen atoms in total. The van der Waals surface area contributed by atoms with Gasteiger partial charge >= 0.3 is 6.09 Å². The molecule has 0 aliphatic carbocycles. The van der Waals surface area contributed by atoms with Crippen LogP contribution < -0.4 is 9.62 Å². The van der Waals surface area contributed by atoms with Crippen LogP contribution in [0.3, 0.4) is 0 Å². The van der Waals surface area contributed by atoms with Crippen molar-refractivity contribution in [3.8, 4) is 0 Å². The molecule has 0 atom stereocenters. The molecule has 1 aromatic rings. The predicted molar refractivity (Wildman–Crippen MR) is 105 cm³/mol. The highest BCUT2D eigenvalue weighted by molar-refractivity contribution is 7.89. The second-order valence-electron chi connectivity index (χ2n) is 7.08. The molecule has 1 aromatic carbocycles. The van der Waals surface area contributed by atoms with Crippen molar-refractivity contribution in [3.63, 3.8) is 0 Å². The zero-order valence-corrected chi connectivity index (χ0v) is 16.9. The normalized spacial score (nSPS) is 19.0. The lowest BCUT2D eigenvalue weighted by Gasteiger charge is -2.31. The van der Waals surface area contributed by atoms with E-state index in [2.05, 4.69) is 4.72 Å². The molecule has 154 valence electrons. The van der Waals surface area contributed by atoms with Crippen molar-refractivity contribution in [2.24, 2.45) is 0 Å². The second kappa shape index (κ2) is 8.91. The number of carbonyl (C=O) groups is 2. The van der Waals surface area contributed by atoms with Crippen molar-refractivity contribution >= 4 is 27.7 Å². The van der Waals surface area contributed by atoms with Gasteiger partial charge in [0.05, 0.1) is 11.5 Å². The minimum atomic E-state index is -3.66. The number of likely N-dealkylation sites (tertiary alicyclic amines) is 1. The lowest BCUT2D eigenvalue weighted by molar-refractivity contribution is -0.119. The Labute approximate surface area is 165 Å². The summed E-state index contributed by atoms with van der Waals surface area (Å²) >= 11 is 0. The maximum Gasteiger partial charge on any atom is 0.409 e. The molecule has 2 aliphatic heterocycles. The van der Waals surface area contributed by atoms with Gasteiger partial charge in [-0.2, -0.15) is 0 Å². The number of anilines is 1. The highest BCUT2D eigenvalue weighted by Crippen LogP contribution is 2.23. The summed E-state index contributed by atoms with van der Waals surface area (Å²) in [6, 6.07) is 6.21. The fourth-order valence-corrected chi connectivity index (χ4v) is 4.87. The number of sulfonamides is 1. The summed E-state index contributed by atoms with van der Waals surface area (Å²) in [5.41, 5.74) is 0.728. The van der Waals surface area contributed by atoms with Crippen molar-refractivity contribution < 1.29 is 22.7 Å². The predicted octanol–water partition coefficient (Wildman–Crippen LogP) is 2.10. The summed E-state index contributed by atoms with van der Waals surface area (Å²) < 4.78 is 33.0. The van der Waals surface area contributed by atoms with Gasteiger partial charge in [-0.15, -0.1) is 0 Å². The zero-order valence-electron chi connectivity index (χ0n) is 16.1. The number of rotatable bonds is 5. The molecule has 0 bridgehead atoms. The van der Waals surface area contributed by atoms with Crippen LogP contribution >= 0.6 is 0 Å². The van der Waals surface area contributed by atoms with Gasteiger partial charge in [0.15, 0.2) is 0 Å². The van der Waals surface area contributed by atoms with Gasteiger partial charge in [0.25, 0.3) is 0 Å². The van der Waals surface area contributed by atoms with Crippen molar-refractivity contribution in [1.29, 1.82) is 0 Å². The average Bonchev–Trinajstić information content (AvgIpc) is 2.69. The van der Waals surface area contributed by atoms with E-state index in [4.69, 9.17) is 4.74 Å². The molecule has 0 aromatic heterocycles. The first kappa shape index (κ1) is 20.6. The molecule has 1 N–H and O–H groups in total. The van der Waals surface area contributed by atoms with Crippen molar-refractivity contribution in [2.45, 2.75) is 50.0 Å². The fraction of sp³-hybridized carbons (Fsp3) is 0.579. The zero-order chi connectivity index (χ0) is 20.1. The van der Waals surface area contributed by atoms with E-state index in [0.717, 1.165) is 18.5 Å². The first-order chi connectivity index (χ1) is 13.4. The van der Waals surface area contributed by atoms with Crippen LogP contribution in [-0.2, 0) is 19.6 Å². The minimum absolute atomic E-state index is 0.0772. The number of nitrogens with one attached hydrogen (secondary N) is 1. The highest BCUT2D eigenvalue weighted by atomic mass is 32.2. The molecule has 9 heteroatoms. The maximum atomic E-state index is 12.7. The summed E-state index contributed by atoms with van der Waals surface area (Å²) in [6.45, 7) is 3.67. The summed E-state index contributed by atoms with van der Waals surface area (Å²) in [4.78, 5) is 27.2. The van der Waals surface area contributed by atoms with E-state index in [9.17, 15) is 18.0 Å². The minimum Gasteiger partial charge on any atom is -0.450 e. The third-order valence-electron chi connectivity index (χ3n) is 5.12. The van der Waals surface area contributed by atoms with Crippen LogP contribution in [0.1, 0.15) is 39.0 Å². The van der Waals surface area contributed by atoms with Crippen LogP contribution in [0.15, 0.2) is 29.2 Å². The number of carbonyl (C=O) groups excluding carboxylic acids is 2. The van der Waals surface area contributed by atoms with Crippen LogP contribution in [0.5, 0.6) is 0 Å². The van der Waals surface area contributed by atoms with Gasteiger partial charge in [0.2, 0.25) is 15.9 Å². The molecule has 0 radical (unpaired) electrons. The Morgan fingerprint density at radius 2 is 1.82 bits per heavy atom. The summed E-state index contributed by atoms with van der Waals surface area (Å²) in [5.74, 6) is 0.0772. The quantitative estimate of drug-likeness (QED) is 0.803. The van der Waals surface area contributed by atoms with Crippen molar-refractivity contribution in [1.82, 2.24) is 9.62 Å². The van der Waals surface area contributed by atoms with Gasteiger partial charge in [-0.05, 0) is 56.9 Å². The lowest BCUT2D eigenvalue weighted by atomic mass is 10.1. The Kier molecular flexibility index (Phi) is 6.56. The first-order valence-electron chi connectivity index (χ1n) is 9.75. The number of piperidine rings is 2. The Morgan fingerprint density at radius 1 is 1.14 bits per heavy atom. The average molecular weight is 410 g/mol. The molecule has 28 heavy (non-hydrogen) atoms. The largest absolute Gasteiger partial charge is 0.450 e. The smallest absolute Gasteiger partial charge is 0.409 e. The molecule has 0 unspecified atom stereocenters. The van der Waals surface area contributed by atoms with Gasteiger partial charge < -0.3 is 14.5 Å². The number of benzene rings is 1. The van der Waals surface area contributed by atoms with Gasteiger partial charge in [-0.3, -0.25) is 4.79 Å². The first-order valence-corrected chi connectivity index (χ1v) is 11.2. The maximum absolute atomic E-state index is 12.7. The lowest BCUT2D eigenvalue weighted by Crippen LogP contribution is -2.46. The van der Waals surface area contributed by atoms with E-state index < -0.39 is 10.0 Å². The van der Waals surface area contributed by atoms with Crippen LogP contribution in [-0.4, -0.2) is 57.6 Å². The number of hydrogen-bond donors (Lipinski definition) is 1. The van der Waals surface area contributed by atoms with Crippen LogP contribution in [0.4, 0.5) is 10.5 Å². The van der Waals surface area contributed by atoms with Gasteiger partial charge in [0.1, 0.15) is 0 Å². The molecule has 3 rings (SSSR count). The Bertz CT molecular complexity index is 801. The van der Waals surface area contributed by atoms with E-state index in [1.54, 1.807) is 28.9 Å². The molecule has 2 saturated heterocycles. The molecule has 2 aliphatic rings. The standard InChI is InChI=1S/C19H27N3O5S/c1-2-27-19(24)21-13-10-15(11-14-21)20-28(25,26)17-8-6-16(7-9-17)22-12-4-3-5-18(22)23/h6-9,15,20H,2-5,10-14H2,1H3. The number of amides is 2. The van der Waals surface area contributed by atoms with Gasteiger partial charge in [-0.1, -0.05) is 0 Å². The Morgan fingerprint density at radius 3 is 2.43 bits per heavy atom. The van der Waals surface area contributed by atoms with Crippen LogP contribution in [0.2, 0.25) is 0 Å². The van der Waals surface area contributed by atoms with E-state index in [-0.39, 0.29) is 22.9 Å². The molecule has 2 heterocycles. The van der Waals surface area contributed by atoms with E-state index in [1.807, 2.05) is 0 Å². The third-order valence-corrected chi connectivity index (χ3v) is 6.66. The molecule has 0 saturated carbocycles. The molecule has 0 spiro atoms. The van der Waals surface area contributed by atoms with Crippen molar-refractivity contribution in [3.05, 3.63) is 24.3 Å². The molecule has 2 amide bonds. The summed E-state index contributed by atoms with van der Waals surface area (Å²) in [6.07, 6.45) is 3.12. The monoisotopic (exact) mass is 409 g/mol. The number of nitrogens with zero attached hydrogens (tertiary/aromatic N) is 2. The van der Waals surface area contributed by atoms with Crippen LogP contribution in [0, 0.1) is 0 Å². The number of ether oxygens (including phenoxy) is 1. The van der Waals surface area contributed by atoms with E-state index >= 15 is 0 Å². The molecular formula is C19H27N3O5S. The van der Waals surface area contributed by atoms with E-state index in [1.165, 1.54) is 12.1 Å². The van der Waals surface area contributed by atoms with Crippen LogP contribution in [0.25, 0.3) is 0 Å². The van der Waals surface area contributed by atoms with Gasteiger partial charge in [-0.25, -0.2) is 17.9 Å². The number of hydrogen-bond acceptors (Lipinski definition) is 5. The van der Waals surface area contributed by atoms with Crippen molar-refractivity contribution in [2.75, 3.05) is 31.1 Å². The topological polar surface area (TPSA) is 96.0 Å².